The van der Waals surface area contributed by atoms with Crippen LogP contribution >= 0.6 is 0 Å². The third-order valence-corrected chi connectivity index (χ3v) is 2.55. The lowest BCUT2D eigenvalue weighted by molar-refractivity contribution is -0.131. The van der Waals surface area contributed by atoms with Crippen LogP contribution in [0, 0.1) is 5.92 Å². The van der Waals surface area contributed by atoms with Gasteiger partial charge >= 0.3 is 0 Å². The van der Waals surface area contributed by atoms with Crippen LogP contribution in [-0.2, 0) is 9.53 Å². The third kappa shape index (κ3) is 2.96. The van der Waals surface area contributed by atoms with Gasteiger partial charge in [0.2, 0.25) is 5.91 Å². The van der Waals surface area contributed by atoms with E-state index in [0.29, 0.717) is 6.61 Å². The summed E-state index contributed by atoms with van der Waals surface area (Å²) in [5.74, 6) is 0.153. The molecule has 0 saturated carbocycles. The summed E-state index contributed by atoms with van der Waals surface area (Å²) in [6, 6.07) is -0.160. The Morgan fingerprint density at radius 1 is 1.64 bits per heavy atom. The Morgan fingerprint density at radius 3 is 2.79 bits per heavy atom. The highest BCUT2D eigenvalue weighted by atomic mass is 16.5. The van der Waals surface area contributed by atoms with E-state index in [0.717, 1.165) is 12.8 Å². The molecule has 1 saturated heterocycles. The van der Waals surface area contributed by atoms with E-state index in [9.17, 15) is 4.79 Å². The van der Waals surface area contributed by atoms with Gasteiger partial charge in [0.1, 0.15) is 6.10 Å². The smallest absolute Gasteiger partial charge is 0.249 e. The van der Waals surface area contributed by atoms with E-state index in [4.69, 9.17) is 9.84 Å². The summed E-state index contributed by atoms with van der Waals surface area (Å²) in [7, 11) is 0. The van der Waals surface area contributed by atoms with E-state index in [1.165, 1.54) is 0 Å². The molecule has 4 nitrogen and oxygen atoms in total. The molecule has 1 aliphatic rings. The van der Waals surface area contributed by atoms with Gasteiger partial charge in [-0.1, -0.05) is 13.8 Å². The largest absolute Gasteiger partial charge is 0.394 e. The zero-order valence-corrected chi connectivity index (χ0v) is 8.82. The minimum atomic E-state index is -0.303. The molecule has 1 amide bonds. The van der Waals surface area contributed by atoms with Crippen LogP contribution in [0.15, 0.2) is 0 Å². The molecule has 0 aliphatic carbocycles. The zero-order valence-electron chi connectivity index (χ0n) is 8.82. The van der Waals surface area contributed by atoms with Crippen molar-refractivity contribution in [1.82, 2.24) is 5.32 Å². The van der Waals surface area contributed by atoms with Crippen LogP contribution in [0.5, 0.6) is 0 Å². The van der Waals surface area contributed by atoms with Crippen LogP contribution < -0.4 is 5.32 Å². The number of nitrogens with one attached hydrogen (secondary N) is 1. The van der Waals surface area contributed by atoms with Gasteiger partial charge in [-0.15, -0.1) is 0 Å². The number of hydrogen-bond acceptors (Lipinski definition) is 3. The molecule has 1 heterocycles. The Kier molecular flexibility index (Phi) is 4.35. The average Bonchev–Trinajstić information content (AvgIpc) is 2.65. The first-order chi connectivity index (χ1) is 6.65. The Morgan fingerprint density at radius 2 is 2.36 bits per heavy atom. The van der Waals surface area contributed by atoms with E-state index in [1.807, 2.05) is 13.8 Å². The van der Waals surface area contributed by atoms with Gasteiger partial charge in [-0.3, -0.25) is 4.79 Å². The van der Waals surface area contributed by atoms with Crippen molar-refractivity contribution >= 4 is 5.91 Å². The average molecular weight is 201 g/mol. The summed E-state index contributed by atoms with van der Waals surface area (Å²) in [6.45, 7) is 4.59. The molecule has 2 unspecified atom stereocenters. The number of carbonyl (C=O) groups is 1. The molecule has 0 spiro atoms. The van der Waals surface area contributed by atoms with Crippen LogP contribution in [0.2, 0.25) is 0 Å². The van der Waals surface area contributed by atoms with Crippen LogP contribution in [0.3, 0.4) is 0 Å². The Bertz CT molecular complexity index is 188. The fraction of sp³-hybridized carbons (Fsp3) is 0.900. The van der Waals surface area contributed by atoms with Gasteiger partial charge in [0.15, 0.2) is 0 Å². The van der Waals surface area contributed by atoms with Gasteiger partial charge in [-0.2, -0.15) is 0 Å². The van der Waals surface area contributed by atoms with E-state index >= 15 is 0 Å². The second kappa shape index (κ2) is 5.32. The van der Waals surface area contributed by atoms with Crippen molar-refractivity contribution in [3.8, 4) is 0 Å². The standard InChI is InChI=1S/C10H19NO3/c1-7(2)8(6-12)11-10(13)9-4-3-5-14-9/h7-9,12H,3-6H2,1-2H3,(H,11,13). The fourth-order valence-corrected chi connectivity index (χ4v) is 1.48. The number of ether oxygens (including phenoxy) is 1. The Hall–Kier alpha value is -0.610. The second-order valence-corrected chi connectivity index (χ2v) is 4.04. The first kappa shape index (κ1) is 11.5. The summed E-state index contributed by atoms with van der Waals surface area (Å²) in [4.78, 5) is 11.6. The Labute approximate surface area is 84.6 Å². The van der Waals surface area contributed by atoms with Crippen LogP contribution in [0.25, 0.3) is 0 Å². The van der Waals surface area contributed by atoms with E-state index in [-0.39, 0.29) is 30.6 Å². The number of amides is 1. The molecule has 0 aromatic heterocycles. The monoisotopic (exact) mass is 201 g/mol. The molecule has 1 aliphatic heterocycles. The molecule has 0 bridgehead atoms. The molecule has 0 aromatic rings. The predicted molar refractivity (Wildman–Crippen MR) is 52.8 cm³/mol. The van der Waals surface area contributed by atoms with Crippen LogP contribution in [-0.4, -0.2) is 36.4 Å². The molecule has 14 heavy (non-hydrogen) atoms. The van der Waals surface area contributed by atoms with Crippen molar-refractivity contribution in [2.45, 2.75) is 38.8 Å². The van der Waals surface area contributed by atoms with Crippen molar-refractivity contribution in [2.75, 3.05) is 13.2 Å². The number of rotatable bonds is 4. The molecule has 1 rings (SSSR count). The molecule has 2 atom stereocenters. The second-order valence-electron chi connectivity index (χ2n) is 4.04. The van der Waals surface area contributed by atoms with E-state index in [1.54, 1.807) is 0 Å². The highest BCUT2D eigenvalue weighted by Gasteiger charge is 2.26. The number of carbonyl (C=O) groups excluding carboxylic acids is 1. The van der Waals surface area contributed by atoms with Gasteiger partial charge in [-0.25, -0.2) is 0 Å². The Balaban J connectivity index is 2.37. The number of aliphatic hydroxyl groups is 1. The quantitative estimate of drug-likeness (QED) is 0.687. The highest BCUT2D eigenvalue weighted by molar-refractivity contribution is 5.81. The molecular weight excluding hydrogens is 182 g/mol. The fourth-order valence-electron chi connectivity index (χ4n) is 1.48. The maximum Gasteiger partial charge on any atom is 0.249 e. The van der Waals surface area contributed by atoms with Gasteiger partial charge < -0.3 is 15.2 Å². The van der Waals surface area contributed by atoms with Crippen molar-refractivity contribution in [1.29, 1.82) is 0 Å². The van der Waals surface area contributed by atoms with Crippen LogP contribution in [0.1, 0.15) is 26.7 Å². The van der Waals surface area contributed by atoms with Gasteiger partial charge in [0, 0.05) is 6.61 Å². The van der Waals surface area contributed by atoms with Gasteiger partial charge in [0.25, 0.3) is 0 Å². The molecule has 82 valence electrons. The van der Waals surface area contributed by atoms with Crippen molar-refractivity contribution in [3.63, 3.8) is 0 Å². The summed E-state index contributed by atoms with van der Waals surface area (Å²) >= 11 is 0. The topological polar surface area (TPSA) is 58.6 Å². The lowest BCUT2D eigenvalue weighted by Gasteiger charge is -2.21. The molecule has 2 N–H and O–H groups in total. The van der Waals surface area contributed by atoms with Crippen LogP contribution in [0.4, 0.5) is 0 Å². The lowest BCUT2D eigenvalue weighted by Crippen LogP contribution is -2.45. The van der Waals surface area contributed by atoms with Crippen molar-refractivity contribution in [2.24, 2.45) is 5.92 Å². The molecule has 1 fully saturated rings. The first-order valence-electron chi connectivity index (χ1n) is 5.18. The first-order valence-corrected chi connectivity index (χ1v) is 5.18. The normalized spacial score (nSPS) is 23.9. The summed E-state index contributed by atoms with van der Waals surface area (Å²) < 4.78 is 5.25. The zero-order chi connectivity index (χ0) is 10.6. The van der Waals surface area contributed by atoms with E-state index in [2.05, 4.69) is 5.32 Å². The molecular formula is C10H19NO3. The summed E-state index contributed by atoms with van der Waals surface area (Å²) in [5.41, 5.74) is 0. The minimum absolute atomic E-state index is 0.0177. The maximum atomic E-state index is 11.6. The van der Waals surface area contributed by atoms with Gasteiger partial charge in [0.05, 0.1) is 12.6 Å². The predicted octanol–water partition coefficient (Wildman–Crippen LogP) is 0.298. The third-order valence-electron chi connectivity index (χ3n) is 2.55. The molecule has 4 heteroatoms. The molecule has 0 radical (unpaired) electrons. The SMILES string of the molecule is CC(C)C(CO)NC(=O)C1CCCO1. The van der Waals surface area contributed by atoms with Crippen molar-refractivity contribution in [3.05, 3.63) is 0 Å². The van der Waals surface area contributed by atoms with Crippen molar-refractivity contribution < 1.29 is 14.6 Å². The number of aliphatic hydroxyl groups excluding tert-OH is 1. The summed E-state index contributed by atoms with van der Waals surface area (Å²) in [6.07, 6.45) is 1.44. The number of hydrogen-bond donors (Lipinski definition) is 2. The van der Waals surface area contributed by atoms with Gasteiger partial charge in [-0.05, 0) is 18.8 Å². The van der Waals surface area contributed by atoms with E-state index < -0.39 is 0 Å². The minimum Gasteiger partial charge on any atom is -0.394 e. The molecule has 0 aromatic carbocycles. The highest BCUT2D eigenvalue weighted by Crippen LogP contribution is 2.12. The maximum absolute atomic E-state index is 11.6. The summed E-state index contributed by atoms with van der Waals surface area (Å²) in [5, 5.41) is 11.8. The lowest BCUT2D eigenvalue weighted by atomic mass is 10.0.